The fourth-order valence-corrected chi connectivity index (χ4v) is 2.92. The Hall–Kier alpha value is -0.0500. The van der Waals surface area contributed by atoms with Crippen LogP contribution in [0.2, 0.25) is 0 Å². The van der Waals surface area contributed by atoms with Crippen molar-refractivity contribution in [3.8, 4) is 0 Å². The number of rotatable bonds is 4. The molecule has 2 aliphatic carbocycles. The van der Waals surface area contributed by atoms with E-state index in [2.05, 4.69) is 35.1 Å². The standard InChI is InChI=1S/C12H20BrNO/c1-7(2)10(13)6-14-12(15)11-8-4-3-5-9(8)11/h7-11H,3-6H2,1-2H3,(H,14,15). The van der Waals surface area contributed by atoms with E-state index in [1.54, 1.807) is 0 Å². The number of carbonyl (C=O) groups excluding carboxylic acids is 1. The average molecular weight is 274 g/mol. The van der Waals surface area contributed by atoms with Gasteiger partial charge in [-0.05, 0) is 30.6 Å². The molecule has 2 fully saturated rings. The lowest BCUT2D eigenvalue weighted by molar-refractivity contribution is -0.123. The minimum atomic E-state index is 0.301. The van der Waals surface area contributed by atoms with Crippen LogP contribution in [-0.4, -0.2) is 17.3 Å². The van der Waals surface area contributed by atoms with E-state index in [0.29, 0.717) is 22.6 Å². The maximum atomic E-state index is 11.8. The molecular weight excluding hydrogens is 254 g/mol. The van der Waals surface area contributed by atoms with Gasteiger partial charge in [0.15, 0.2) is 0 Å². The van der Waals surface area contributed by atoms with Crippen LogP contribution >= 0.6 is 15.9 Å². The van der Waals surface area contributed by atoms with Crippen molar-refractivity contribution in [2.24, 2.45) is 23.7 Å². The van der Waals surface area contributed by atoms with Gasteiger partial charge in [0.05, 0.1) is 0 Å². The molecule has 3 atom stereocenters. The van der Waals surface area contributed by atoms with Crippen LogP contribution < -0.4 is 5.32 Å². The van der Waals surface area contributed by atoms with Gasteiger partial charge in [0.2, 0.25) is 5.91 Å². The second-order valence-electron chi connectivity index (χ2n) is 5.29. The molecule has 2 aliphatic rings. The van der Waals surface area contributed by atoms with Gasteiger partial charge in [-0.2, -0.15) is 0 Å². The number of fused-ring (bicyclic) bond motifs is 1. The number of hydrogen-bond acceptors (Lipinski definition) is 1. The van der Waals surface area contributed by atoms with E-state index >= 15 is 0 Å². The molecule has 3 heteroatoms. The van der Waals surface area contributed by atoms with Gasteiger partial charge in [-0.3, -0.25) is 4.79 Å². The monoisotopic (exact) mass is 273 g/mol. The summed E-state index contributed by atoms with van der Waals surface area (Å²) in [6, 6.07) is 0. The molecule has 0 heterocycles. The normalized spacial score (nSPS) is 35.1. The summed E-state index contributed by atoms with van der Waals surface area (Å²) in [6.45, 7) is 5.10. The highest BCUT2D eigenvalue weighted by atomic mass is 79.9. The van der Waals surface area contributed by atoms with Gasteiger partial charge < -0.3 is 5.32 Å². The summed E-state index contributed by atoms with van der Waals surface area (Å²) >= 11 is 3.59. The van der Waals surface area contributed by atoms with Gasteiger partial charge in [-0.1, -0.05) is 36.2 Å². The predicted octanol–water partition coefficient (Wildman–Crippen LogP) is 2.57. The number of alkyl halides is 1. The molecule has 1 amide bonds. The highest BCUT2D eigenvalue weighted by Gasteiger charge is 2.56. The second kappa shape index (κ2) is 4.44. The first-order valence-electron chi connectivity index (χ1n) is 6.03. The van der Waals surface area contributed by atoms with Crippen molar-refractivity contribution in [3.63, 3.8) is 0 Å². The van der Waals surface area contributed by atoms with Gasteiger partial charge >= 0.3 is 0 Å². The summed E-state index contributed by atoms with van der Waals surface area (Å²) in [5, 5.41) is 3.07. The van der Waals surface area contributed by atoms with E-state index in [-0.39, 0.29) is 0 Å². The zero-order chi connectivity index (χ0) is 11.0. The third-order valence-electron chi connectivity index (χ3n) is 3.90. The van der Waals surface area contributed by atoms with E-state index in [1.807, 2.05) is 0 Å². The first-order valence-corrected chi connectivity index (χ1v) is 6.94. The summed E-state index contributed by atoms with van der Waals surface area (Å²) < 4.78 is 0. The summed E-state index contributed by atoms with van der Waals surface area (Å²) in [7, 11) is 0. The minimum Gasteiger partial charge on any atom is -0.355 e. The molecule has 2 rings (SSSR count). The van der Waals surface area contributed by atoms with Gasteiger partial charge in [0, 0.05) is 17.3 Å². The van der Waals surface area contributed by atoms with Crippen LogP contribution in [0.15, 0.2) is 0 Å². The molecule has 0 bridgehead atoms. The predicted molar refractivity (Wildman–Crippen MR) is 64.9 cm³/mol. The van der Waals surface area contributed by atoms with Crippen LogP contribution in [0.4, 0.5) is 0 Å². The van der Waals surface area contributed by atoms with Gasteiger partial charge in [-0.25, -0.2) is 0 Å². The van der Waals surface area contributed by atoms with Crippen LogP contribution in [0.25, 0.3) is 0 Å². The molecule has 3 unspecified atom stereocenters. The van der Waals surface area contributed by atoms with Crippen molar-refractivity contribution in [3.05, 3.63) is 0 Å². The maximum Gasteiger partial charge on any atom is 0.223 e. The van der Waals surface area contributed by atoms with E-state index in [9.17, 15) is 4.79 Å². The summed E-state index contributed by atoms with van der Waals surface area (Å²) in [4.78, 5) is 12.2. The fourth-order valence-electron chi connectivity index (χ4n) is 2.76. The number of carbonyl (C=O) groups is 1. The van der Waals surface area contributed by atoms with Gasteiger partial charge in [0.1, 0.15) is 0 Å². The molecule has 0 aromatic carbocycles. The van der Waals surface area contributed by atoms with E-state index in [0.717, 1.165) is 18.4 Å². The lowest BCUT2D eigenvalue weighted by Crippen LogP contribution is -2.33. The van der Waals surface area contributed by atoms with E-state index in [1.165, 1.54) is 19.3 Å². The Morgan fingerprint density at radius 2 is 2.00 bits per heavy atom. The van der Waals surface area contributed by atoms with Gasteiger partial charge in [-0.15, -0.1) is 0 Å². The fraction of sp³-hybridized carbons (Fsp3) is 0.917. The van der Waals surface area contributed by atoms with Crippen LogP contribution in [0.1, 0.15) is 33.1 Å². The molecule has 0 saturated heterocycles. The molecule has 15 heavy (non-hydrogen) atoms. The lowest BCUT2D eigenvalue weighted by atomic mass is 10.1. The SMILES string of the molecule is CC(C)C(Br)CNC(=O)C1C2CCCC21. The third kappa shape index (κ3) is 2.38. The average Bonchev–Trinajstić information content (AvgIpc) is 2.68. The van der Waals surface area contributed by atoms with Crippen molar-refractivity contribution in [1.29, 1.82) is 0 Å². The zero-order valence-corrected chi connectivity index (χ0v) is 11.1. The number of halogens is 1. The largest absolute Gasteiger partial charge is 0.355 e. The summed E-state index contributed by atoms with van der Waals surface area (Å²) in [5.41, 5.74) is 0. The molecule has 86 valence electrons. The van der Waals surface area contributed by atoms with Crippen LogP contribution in [0.3, 0.4) is 0 Å². The zero-order valence-electron chi connectivity index (χ0n) is 9.50. The highest BCUT2D eigenvalue weighted by Crippen LogP contribution is 2.57. The van der Waals surface area contributed by atoms with Crippen molar-refractivity contribution >= 4 is 21.8 Å². The van der Waals surface area contributed by atoms with Gasteiger partial charge in [0.25, 0.3) is 0 Å². The number of hydrogen-bond donors (Lipinski definition) is 1. The quantitative estimate of drug-likeness (QED) is 0.784. The Balaban J connectivity index is 1.70. The van der Waals surface area contributed by atoms with Crippen molar-refractivity contribution in [1.82, 2.24) is 5.32 Å². The molecule has 0 aromatic heterocycles. The molecule has 2 nitrogen and oxygen atoms in total. The van der Waals surface area contributed by atoms with E-state index < -0.39 is 0 Å². The molecule has 1 N–H and O–H groups in total. The third-order valence-corrected chi connectivity index (χ3v) is 5.29. The topological polar surface area (TPSA) is 29.1 Å². The molecular formula is C12H20BrNO. The maximum absolute atomic E-state index is 11.8. The first-order chi connectivity index (χ1) is 7.11. The van der Waals surface area contributed by atoms with Crippen molar-refractivity contribution < 1.29 is 4.79 Å². The van der Waals surface area contributed by atoms with Crippen LogP contribution in [0, 0.1) is 23.7 Å². The number of amides is 1. The molecule has 0 aromatic rings. The Morgan fingerprint density at radius 1 is 1.40 bits per heavy atom. The smallest absolute Gasteiger partial charge is 0.223 e. The summed E-state index contributed by atoms with van der Waals surface area (Å²) in [6.07, 6.45) is 3.90. The lowest BCUT2D eigenvalue weighted by Gasteiger charge is -2.14. The molecule has 0 spiro atoms. The minimum absolute atomic E-state index is 0.301. The molecule has 0 radical (unpaired) electrons. The summed E-state index contributed by atoms with van der Waals surface area (Å²) in [5.74, 6) is 2.71. The van der Waals surface area contributed by atoms with Crippen molar-refractivity contribution in [2.75, 3.05) is 6.54 Å². The Kier molecular flexibility index (Phi) is 3.39. The van der Waals surface area contributed by atoms with Crippen molar-refractivity contribution in [2.45, 2.75) is 37.9 Å². The Bertz CT molecular complexity index is 244. The molecule has 2 saturated carbocycles. The van der Waals surface area contributed by atoms with Crippen LogP contribution in [-0.2, 0) is 4.79 Å². The number of nitrogens with one attached hydrogen (secondary N) is 1. The highest BCUT2D eigenvalue weighted by molar-refractivity contribution is 9.09. The Morgan fingerprint density at radius 3 is 2.53 bits per heavy atom. The van der Waals surface area contributed by atoms with E-state index in [4.69, 9.17) is 0 Å². The van der Waals surface area contributed by atoms with Crippen LogP contribution in [0.5, 0.6) is 0 Å². The second-order valence-corrected chi connectivity index (χ2v) is 6.47. The molecule has 0 aliphatic heterocycles. The first kappa shape index (κ1) is 11.4. The Labute approximate surface area is 100 Å².